The number of nitrogens with zero attached hydrogens (tertiary/aromatic N) is 2. The highest BCUT2D eigenvalue weighted by Crippen LogP contribution is 2.28. The van der Waals surface area contributed by atoms with Crippen molar-refractivity contribution in [3.63, 3.8) is 0 Å². The van der Waals surface area contributed by atoms with Crippen molar-refractivity contribution in [1.29, 1.82) is 0 Å². The highest BCUT2D eigenvalue weighted by atomic mass is 16.5. The van der Waals surface area contributed by atoms with Gasteiger partial charge in [0.2, 0.25) is 0 Å². The second kappa shape index (κ2) is 26.5. The number of benzene rings is 2. The first kappa shape index (κ1) is 38.5. The van der Waals surface area contributed by atoms with Crippen LogP contribution in [0.3, 0.4) is 0 Å². The molecule has 0 heterocycles. The fourth-order valence-corrected chi connectivity index (χ4v) is 5.87. The second-order valence-electron chi connectivity index (χ2n) is 12.6. The fraction of sp³-hybridized carbons (Fsp3) is 0.700. The Balaban J connectivity index is 1.78. The van der Waals surface area contributed by atoms with Crippen LogP contribution >= 0.6 is 0 Å². The zero-order chi connectivity index (χ0) is 31.5. The summed E-state index contributed by atoms with van der Waals surface area (Å²) in [5.41, 5.74) is 5.07. The first-order valence-corrected chi connectivity index (χ1v) is 18.5. The lowest BCUT2D eigenvalue weighted by molar-refractivity contribution is 0.113. The van der Waals surface area contributed by atoms with Crippen molar-refractivity contribution in [2.45, 2.75) is 131 Å². The van der Waals surface area contributed by atoms with E-state index in [4.69, 9.17) is 9.47 Å². The molecule has 4 heteroatoms. The lowest BCUT2D eigenvalue weighted by atomic mass is 9.96. The van der Waals surface area contributed by atoms with E-state index in [1.165, 1.54) is 139 Å². The van der Waals surface area contributed by atoms with Crippen molar-refractivity contribution in [1.82, 2.24) is 9.80 Å². The molecule has 0 aliphatic rings. The molecule has 0 saturated carbocycles. The Labute approximate surface area is 272 Å². The van der Waals surface area contributed by atoms with Gasteiger partial charge in [0, 0.05) is 13.2 Å². The van der Waals surface area contributed by atoms with Gasteiger partial charge in [-0.2, -0.15) is 0 Å². The molecule has 44 heavy (non-hydrogen) atoms. The monoisotopic (exact) mass is 609 g/mol. The van der Waals surface area contributed by atoms with E-state index in [1.807, 2.05) is 0 Å². The Hall–Kier alpha value is -1.72. The van der Waals surface area contributed by atoms with Crippen molar-refractivity contribution in [3.8, 4) is 11.1 Å². The SMILES string of the molecule is CCCCCN(CCCC)CCCCOCc1ccccc1-c1ccccc1COCCCCN(CCCC)CCCCC. The Bertz CT molecular complexity index is 858. The zero-order valence-electron chi connectivity index (χ0n) is 29.3. The van der Waals surface area contributed by atoms with E-state index in [1.54, 1.807) is 0 Å². The van der Waals surface area contributed by atoms with Gasteiger partial charge in [0.25, 0.3) is 0 Å². The van der Waals surface area contributed by atoms with Crippen LogP contribution in [0.2, 0.25) is 0 Å². The normalized spacial score (nSPS) is 11.7. The van der Waals surface area contributed by atoms with Gasteiger partial charge in [-0.05, 0) is 113 Å². The molecule has 0 atom stereocenters. The van der Waals surface area contributed by atoms with Gasteiger partial charge in [-0.25, -0.2) is 0 Å². The Morgan fingerprint density at radius 3 is 1.14 bits per heavy atom. The number of ether oxygens (including phenoxy) is 2. The topological polar surface area (TPSA) is 24.9 Å². The number of rotatable bonds is 29. The summed E-state index contributed by atoms with van der Waals surface area (Å²) in [4.78, 5) is 5.34. The fourth-order valence-electron chi connectivity index (χ4n) is 5.87. The van der Waals surface area contributed by atoms with Crippen LogP contribution in [-0.2, 0) is 22.7 Å². The second-order valence-corrected chi connectivity index (χ2v) is 12.6. The predicted molar refractivity (Wildman–Crippen MR) is 191 cm³/mol. The molecule has 0 bridgehead atoms. The van der Waals surface area contributed by atoms with Crippen LogP contribution in [-0.4, -0.2) is 62.3 Å². The quantitative estimate of drug-likeness (QED) is 0.0858. The van der Waals surface area contributed by atoms with E-state index in [-0.39, 0.29) is 0 Å². The zero-order valence-corrected chi connectivity index (χ0v) is 29.3. The standard InChI is InChI=1S/C40H68N2O2/c1-5-9-17-29-41(27-11-7-3)31-19-21-33-43-35-37-23-13-15-25-39(37)40-26-16-14-24-38(40)36-44-34-22-20-32-42(28-12-8-4)30-18-10-6-2/h13-16,23-26H,5-12,17-22,27-36H2,1-4H3. The first-order chi connectivity index (χ1) is 21.7. The molecule has 0 saturated heterocycles. The van der Waals surface area contributed by atoms with E-state index in [0.29, 0.717) is 13.2 Å². The average molecular weight is 609 g/mol. The Morgan fingerprint density at radius 2 is 0.750 bits per heavy atom. The lowest BCUT2D eigenvalue weighted by Gasteiger charge is -2.22. The molecule has 0 aromatic heterocycles. The van der Waals surface area contributed by atoms with Gasteiger partial charge in [0.15, 0.2) is 0 Å². The molecule has 0 radical (unpaired) electrons. The van der Waals surface area contributed by atoms with Gasteiger partial charge in [0.05, 0.1) is 13.2 Å². The van der Waals surface area contributed by atoms with Crippen molar-refractivity contribution < 1.29 is 9.47 Å². The molecule has 0 N–H and O–H groups in total. The summed E-state index contributed by atoms with van der Waals surface area (Å²) in [6.45, 7) is 19.5. The van der Waals surface area contributed by atoms with E-state index >= 15 is 0 Å². The first-order valence-electron chi connectivity index (χ1n) is 18.5. The van der Waals surface area contributed by atoms with Crippen LogP contribution in [0.5, 0.6) is 0 Å². The third kappa shape index (κ3) is 17.1. The summed E-state index contributed by atoms with van der Waals surface area (Å²) in [6.07, 6.45) is 17.8. The van der Waals surface area contributed by atoms with Crippen molar-refractivity contribution in [2.75, 3.05) is 52.5 Å². The summed E-state index contributed by atoms with van der Waals surface area (Å²) in [6, 6.07) is 17.5. The van der Waals surface area contributed by atoms with Crippen LogP contribution in [0.4, 0.5) is 0 Å². The van der Waals surface area contributed by atoms with Gasteiger partial charge in [-0.1, -0.05) is 115 Å². The molecule has 0 aliphatic heterocycles. The van der Waals surface area contributed by atoms with Gasteiger partial charge < -0.3 is 19.3 Å². The molecule has 0 unspecified atom stereocenters. The summed E-state index contributed by atoms with van der Waals surface area (Å²) in [5.74, 6) is 0. The lowest BCUT2D eigenvalue weighted by Crippen LogP contribution is -2.27. The maximum atomic E-state index is 6.23. The Morgan fingerprint density at radius 1 is 0.409 bits per heavy atom. The van der Waals surface area contributed by atoms with Crippen molar-refractivity contribution in [3.05, 3.63) is 59.7 Å². The summed E-state index contributed by atoms with van der Waals surface area (Å²) in [7, 11) is 0. The highest BCUT2D eigenvalue weighted by Gasteiger charge is 2.10. The van der Waals surface area contributed by atoms with Crippen LogP contribution in [0, 0.1) is 0 Å². The maximum absolute atomic E-state index is 6.23. The van der Waals surface area contributed by atoms with Crippen molar-refractivity contribution >= 4 is 0 Å². The average Bonchev–Trinajstić information content (AvgIpc) is 3.05. The maximum Gasteiger partial charge on any atom is 0.0722 e. The number of hydrogen-bond donors (Lipinski definition) is 0. The molecule has 2 aromatic rings. The summed E-state index contributed by atoms with van der Waals surface area (Å²) in [5, 5.41) is 0. The van der Waals surface area contributed by atoms with Gasteiger partial charge in [0.1, 0.15) is 0 Å². The number of unbranched alkanes of at least 4 members (excludes halogenated alkanes) is 8. The summed E-state index contributed by atoms with van der Waals surface area (Å²) >= 11 is 0. The van der Waals surface area contributed by atoms with Crippen LogP contribution in [0.25, 0.3) is 11.1 Å². The van der Waals surface area contributed by atoms with Gasteiger partial charge in [-0.15, -0.1) is 0 Å². The summed E-state index contributed by atoms with van der Waals surface area (Å²) < 4.78 is 12.5. The van der Waals surface area contributed by atoms with E-state index < -0.39 is 0 Å². The molecule has 2 rings (SSSR count). The van der Waals surface area contributed by atoms with E-state index in [2.05, 4.69) is 86.0 Å². The van der Waals surface area contributed by atoms with E-state index in [0.717, 1.165) is 26.1 Å². The number of hydrogen-bond acceptors (Lipinski definition) is 4. The molecule has 0 aliphatic carbocycles. The largest absolute Gasteiger partial charge is 0.377 e. The van der Waals surface area contributed by atoms with Gasteiger partial charge in [-0.3, -0.25) is 0 Å². The predicted octanol–water partition coefficient (Wildman–Crippen LogP) is 10.5. The minimum Gasteiger partial charge on any atom is -0.377 e. The third-order valence-electron chi connectivity index (χ3n) is 8.68. The third-order valence-corrected chi connectivity index (χ3v) is 8.68. The molecule has 2 aromatic carbocycles. The van der Waals surface area contributed by atoms with Crippen LogP contribution in [0.1, 0.15) is 129 Å². The minimum absolute atomic E-state index is 0.661. The molecular weight excluding hydrogens is 540 g/mol. The van der Waals surface area contributed by atoms with Crippen LogP contribution in [0.15, 0.2) is 48.5 Å². The van der Waals surface area contributed by atoms with Gasteiger partial charge >= 0.3 is 0 Å². The minimum atomic E-state index is 0.661. The molecule has 0 fully saturated rings. The molecule has 250 valence electrons. The van der Waals surface area contributed by atoms with Crippen molar-refractivity contribution in [2.24, 2.45) is 0 Å². The smallest absolute Gasteiger partial charge is 0.0722 e. The Kier molecular flexibility index (Phi) is 23.2. The molecule has 0 amide bonds. The van der Waals surface area contributed by atoms with E-state index in [9.17, 15) is 0 Å². The molecule has 4 nitrogen and oxygen atoms in total. The highest BCUT2D eigenvalue weighted by molar-refractivity contribution is 5.70. The molecular formula is C40H68N2O2. The van der Waals surface area contributed by atoms with Crippen LogP contribution < -0.4 is 0 Å². The molecule has 0 spiro atoms.